The van der Waals surface area contributed by atoms with E-state index in [4.69, 9.17) is 15.2 Å². The number of hydrogen-bond donors (Lipinski definition) is 2. The zero-order valence-electron chi connectivity index (χ0n) is 23.0. The van der Waals surface area contributed by atoms with E-state index in [1.54, 1.807) is 16.9 Å². The summed E-state index contributed by atoms with van der Waals surface area (Å²) >= 11 is 0. The zero-order valence-corrected chi connectivity index (χ0v) is 23.0. The summed E-state index contributed by atoms with van der Waals surface area (Å²) in [6.45, 7) is 6.56. The summed E-state index contributed by atoms with van der Waals surface area (Å²) in [5.41, 5.74) is 7.78. The van der Waals surface area contributed by atoms with Gasteiger partial charge in [0.2, 0.25) is 5.91 Å². The summed E-state index contributed by atoms with van der Waals surface area (Å²) in [5, 5.41) is 3.27. The Hall–Kier alpha value is -3.24. The first kappa shape index (κ1) is 30.3. The predicted molar refractivity (Wildman–Crippen MR) is 145 cm³/mol. The number of carbonyl (C=O) groups is 2. The predicted octanol–water partition coefficient (Wildman–Crippen LogP) is 3.72. The van der Waals surface area contributed by atoms with Crippen LogP contribution in [0.5, 0.6) is 5.75 Å². The highest BCUT2D eigenvalue weighted by atomic mass is 19.1. The molecule has 3 N–H and O–H groups in total. The molecule has 2 amide bonds. The molecule has 0 aromatic heterocycles. The van der Waals surface area contributed by atoms with Gasteiger partial charge in [-0.2, -0.15) is 0 Å². The molecule has 1 saturated heterocycles. The van der Waals surface area contributed by atoms with Gasteiger partial charge in [0, 0.05) is 51.4 Å². The number of amides is 2. The van der Waals surface area contributed by atoms with Crippen molar-refractivity contribution in [1.82, 2.24) is 15.1 Å². The van der Waals surface area contributed by atoms with Gasteiger partial charge in [-0.05, 0) is 68.5 Å². The van der Waals surface area contributed by atoms with Crippen molar-refractivity contribution >= 4 is 12.0 Å². The maximum absolute atomic E-state index is 13.8. The van der Waals surface area contributed by atoms with Gasteiger partial charge in [0.25, 0.3) is 0 Å². The number of nitrogens with two attached hydrogens (primary N) is 1. The Balaban J connectivity index is 1.69. The van der Waals surface area contributed by atoms with E-state index in [2.05, 4.69) is 5.32 Å². The van der Waals surface area contributed by atoms with Crippen LogP contribution in [-0.4, -0.2) is 73.8 Å². The maximum Gasteiger partial charge on any atom is 0.410 e. The van der Waals surface area contributed by atoms with Crippen molar-refractivity contribution in [2.45, 2.75) is 51.8 Å². The van der Waals surface area contributed by atoms with Crippen molar-refractivity contribution in [2.75, 3.05) is 39.8 Å². The van der Waals surface area contributed by atoms with Crippen LogP contribution < -0.4 is 15.8 Å². The Bertz CT molecular complexity index is 1080. The third-order valence-corrected chi connectivity index (χ3v) is 7.04. The highest BCUT2D eigenvalue weighted by molar-refractivity contribution is 5.80. The quantitative estimate of drug-likeness (QED) is 0.421. The Labute approximate surface area is 229 Å². The van der Waals surface area contributed by atoms with Crippen LogP contribution in [0.15, 0.2) is 42.5 Å². The van der Waals surface area contributed by atoms with Crippen LogP contribution >= 0.6 is 0 Å². The van der Waals surface area contributed by atoms with E-state index in [-0.39, 0.29) is 31.3 Å². The van der Waals surface area contributed by atoms with Crippen molar-refractivity contribution in [3.05, 3.63) is 65.2 Å². The lowest BCUT2D eigenvalue weighted by atomic mass is 9.96. The van der Waals surface area contributed by atoms with Gasteiger partial charge in [0.05, 0.1) is 13.0 Å². The number of likely N-dealkylation sites (tertiary alicyclic amines) is 1. The second-order valence-electron chi connectivity index (χ2n) is 9.85. The molecule has 1 aliphatic heterocycles. The minimum Gasteiger partial charge on any atom is -0.497 e. The lowest BCUT2D eigenvalue weighted by Crippen LogP contribution is -2.51. The average Bonchev–Trinajstić information content (AvgIpc) is 2.92. The van der Waals surface area contributed by atoms with Crippen LogP contribution in [0.1, 0.15) is 37.8 Å². The first-order valence-electron chi connectivity index (χ1n) is 13.5. The summed E-state index contributed by atoms with van der Waals surface area (Å²) in [6.07, 6.45) is 0.181. The summed E-state index contributed by atoms with van der Waals surface area (Å²) in [5.74, 6) is -0.905. The minimum atomic E-state index is -0.784. The number of ether oxygens (including phenoxy) is 2. The van der Waals surface area contributed by atoms with Crippen LogP contribution in [-0.2, 0) is 22.5 Å². The molecular weight excluding hydrogens is 506 g/mol. The Kier molecular flexibility index (Phi) is 11.5. The van der Waals surface area contributed by atoms with Gasteiger partial charge in [0.15, 0.2) is 0 Å². The minimum absolute atomic E-state index is 0.0406. The van der Waals surface area contributed by atoms with Crippen LogP contribution in [0.25, 0.3) is 0 Å². The SMILES string of the molecule is CCN(CC)C(=O)C1CCCN(C(=O)OC(CNCc2cccc(OC)c2)C(N)Cc2cc(F)cc(F)c2)C1. The van der Waals surface area contributed by atoms with E-state index in [0.717, 1.165) is 23.8 Å². The largest absolute Gasteiger partial charge is 0.497 e. The van der Waals surface area contributed by atoms with E-state index in [9.17, 15) is 18.4 Å². The van der Waals surface area contributed by atoms with Gasteiger partial charge in [-0.25, -0.2) is 13.6 Å². The second-order valence-corrected chi connectivity index (χ2v) is 9.85. The van der Waals surface area contributed by atoms with Crippen molar-refractivity contribution in [3.63, 3.8) is 0 Å². The number of piperidine rings is 1. The molecule has 0 saturated carbocycles. The topological polar surface area (TPSA) is 97.1 Å². The molecule has 8 nitrogen and oxygen atoms in total. The molecule has 0 spiro atoms. The van der Waals surface area contributed by atoms with Crippen LogP contribution in [0.4, 0.5) is 13.6 Å². The number of nitrogens with one attached hydrogen (secondary N) is 1. The lowest BCUT2D eigenvalue weighted by Gasteiger charge is -2.35. The van der Waals surface area contributed by atoms with Gasteiger partial charge in [0.1, 0.15) is 23.5 Å². The van der Waals surface area contributed by atoms with E-state index in [1.165, 1.54) is 12.1 Å². The molecule has 214 valence electrons. The third-order valence-electron chi connectivity index (χ3n) is 7.04. The van der Waals surface area contributed by atoms with Crippen LogP contribution in [0, 0.1) is 17.6 Å². The highest BCUT2D eigenvalue weighted by Crippen LogP contribution is 2.21. The summed E-state index contributed by atoms with van der Waals surface area (Å²) < 4.78 is 38.7. The summed E-state index contributed by atoms with van der Waals surface area (Å²) in [6, 6.07) is 10.1. The van der Waals surface area contributed by atoms with Gasteiger partial charge in [-0.15, -0.1) is 0 Å². The smallest absolute Gasteiger partial charge is 0.410 e. The fourth-order valence-electron chi connectivity index (χ4n) is 4.90. The second kappa shape index (κ2) is 14.8. The molecule has 10 heteroatoms. The van der Waals surface area contributed by atoms with Gasteiger partial charge >= 0.3 is 6.09 Å². The monoisotopic (exact) mass is 546 g/mol. The molecule has 39 heavy (non-hydrogen) atoms. The fourth-order valence-corrected chi connectivity index (χ4v) is 4.90. The standard InChI is InChI=1S/C29H40F2N4O4/c1-4-34(5-2)28(36)22-9-7-11-35(19-22)29(37)39-27(18-33-17-20-8-6-10-25(14-20)38-3)26(32)15-21-12-23(30)16-24(31)13-21/h6,8,10,12-14,16,22,26-27,33H,4-5,7,9,11,15,17-19,32H2,1-3H3. The molecule has 0 radical (unpaired) electrons. The number of rotatable bonds is 12. The average molecular weight is 547 g/mol. The molecule has 2 aromatic carbocycles. The Morgan fingerprint density at radius 1 is 1.13 bits per heavy atom. The molecule has 3 unspecified atom stereocenters. The van der Waals surface area contributed by atoms with E-state index in [0.29, 0.717) is 38.2 Å². The van der Waals surface area contributed by atoms with Crippen molar-refractivity contribution in [3.8, 4) is 5.75 Å². The van der Waals surface area contributed by atoms with Crippen LogP contribution in [0.2, 0.25) is 0 Å². The molecule has 1 heterocycles. The first-order valence-corrected chi connectivity index (χ1v) is 13.5. The molecule has 3 atom stereocenters. The number of benzene rings is 2. The molecule has 1 fully saturated rings. The van der Waals surface area contributed by atoms with Gasteiger partial charge in [-0.3, -0.25) is 4.79 Å². The number of halogens is 2. The number of hydrogen-bond acceptors (Lipinski definition) is 6. The molecule has 1 aliphatic rings. The third kappa shape index (κ3) is 8.90. The van der Waals surface area contributed by atoms with Gasteiger partial charge in [-0.1, -0.05) is 12.1 Å². The van der Waals surface area contributed by atoms with E-state index in [1.807, 2.05) is 38.1 Å². The van der Waals surface area contributed by atoms with Crippen molar-refractivity contribution in [1.29, 1.82) is 0 Å². The zero-order chi connectivity index (χ0) is 28.4. The van der Waals surface area contributed by atoms with E-state index >= 15 is 0 Å². The lowest BCUT2D eigenvalue weighted by molar-refractivity contribution is -0.136. The number of carbonyl (C=O) groups excluding carboxylic acids is 2. The van der Waals surface area contributed by atoms with Crippen molar-refractivity contribution < 1.29 is 27.8 Å². The first-order chi connectivity index (χ1) is 18.7. The fraction of sp³-hybridized carbons (Fsp3) is 0.517. The normalized spacial score (nSPS) is 16.9. The summed E-state index contributed by atoms with van der Waals surface area (Å²) in [7, 11) is 1.59. The number of nitrogens with zero attached hydrogens (tertiary/aromatic N) is 2. The van der Waals surface area contributed by atoms with Crippen LogP contribution in [0.3, 0.4) is 0 Å². The molecule has 0 bridgehead atoms. The molecular formula is C29H40F2N4O4. The molecule has 2 aromatic rings. The Morgan fingerprint density at radius 3 is 2.51 bits per heavy atom. The highest BCUT2D eigenvalue weighted by Gasteiger charge is 2.33. The van der Waals surface area contributed by atoms with E-state index < -0.39 is 29.9 Å². The molecule has 0 aliphatic carbocycles. The Morgan fingerprint density at radius 2 is 1.85 bits per heavy atom. The molecule has 3 rings (SSSR count). The summed E-state index contributed by atoms with van der Waals surface area (Å²) in [4.78, 5) is 29.4. The maximum atomic E-state index is 13.8. The number of methoxy groups -OCH3 is 1. The van der Waals surface area contributed by atoms with Gasteiger partial charge < -0.3 is 30.3 Å². The van der Waals surface area contributed by atoms with Crippen molar-refractivity contribution in [2.24, 2.45) is 11.7 Å².